The Hall–Kier alpha value is -3.78. The average molecular weight is 465 g/mol. The molecule has 2 N–H and O–H groups in total. The van der Waals surface area contributed by atoms with Crippen molar-refractivity contribution in [2.45, 2.75) is 12.9 Å². The molecule has 0 bridgehead atoms. The largest absolute Gasteiger partial charge is 0.573 e. The molecule has 1 amide bonds. The first-order valence-electron chi connectivity index (χ1n) is 9.95. The van der Waals surface area contributed by atoms with Gasteiger partial charge in [-0.15, -0.1) is 24.5 Å². The van der Waals surface area contributed by atoms with Gasteiger partial charge in [-0.25, -0.2) is 0 Å². The van der Waals surface area contributed by atoms with Crippen molar-refractivity contribution in [3.05, 3.63) is 89.3 Å². The molecule has 0 saturated heterocycles. The molecule has 0 unspecified atom stereocenters. The maximum Gasteiger partial charge on any atom is 0.573 e. The first kappa shape index (κ1) is 21.1. The van der Waals surface area contributed by atoms with Gasteiger partial charge in [-0.2, -0.15) is 0 Å². The number of hydrogen-bond donors (Lipinski definition) is 1. The zero-order valence-corrected chi connectivity index (χ0v) is 17.8. The van der Waals surface area contributed by atoms with Crippen LogP contribution in [0.1, 0.15) is 15.9 Å². The minimum atomic E-state index is -4.74. The Bertz CT molecular complexity index is 1470. The highest BCUT2D eigenvalue weighted by molar-refractivity contribution is 7.13. The molecule has 0 aliphatic heterocycles. The average Bonchev–Trinajstić information content (AvgIpc) is 3.41. The van der Waals surface area contributed by atoms with Crippen molar-refractivity contribution in [3.63, 3.8) is 0 Å². The molecule has 1 radical (unpaired) electrons. The summed E-state index contributed by atoms with van der Waals surface area (Å²) in [5.41, 5.74) is 9.43. The van der Waals surface area contributed by atoms with Gasteiger partial charge in [0.25, 0.3) is 0 Å². The lowest BCUT2D eigenvalue weighted by atomic mass is 10.0. The summed E-state index contributed by atoms with van der Waals surface area (Å²) >= 11 is 1.61. The van der Waals surface area contributed by atoms with Gasteiger partial charge in [-0.05, 0) is 65.0 Å². The second-order valence-corrected chi connectivity index (χ2v) is 8.42. The molecule has 0 fully saturated rings. The maximum absolute atomic E-state index is 12.5. The van der Waals surface area contributed by atoms with Crippen molar-refractivity contribution < 1.29 is 22.7 Å². The van der Waals surface area contributed by atoms with Crippen molar-refractivity contribution in [1.82, 2.24) is 4.57 Å². The zero-order valence-electron chi connectivity index (χ0n) is 17.0. The van der Waals surface area contributed by atoms with Gasteiger partial charge in [0.1, 0.15) is 5.75 Å². The van der Waals surface area contributed by atoms with Crippen LogP contribution in [-0.4, -0.2) is 16.8 Å². The number of hydrogen-bond acceptors (Lipinski definition) is 3. The van der Waals surface area contributed by atoms with E-state index < -0.39 is 12.3 Å². The highest BCUT2D eigenvalue weighted by Gasteiger charge is 2.31. The summed E-state index contributed by atoms with van der Waals surface area (Å²) in [5.74, 6) is -0.818. The molecule has 8 heteroatoms. The fraction of sp³-hybridized carbons (Fsp3) is 0.0800. The Kier molecular flexibility index (Phi) is 5.09. The first-order chi connectivity index (χ1) is 15.8. The van der Waals surface area contributed by atoms with Gasteiger partial charge in [0, 0.05) is 27.8 Å². The number of nitrogens with zero attached hydrogens (tertiary/aromatic N) is 1. The summed E-state index contributed by atoms with van der Waals surface area (Å²) in [4.78, 5) is 13.2. The molecule has 5 rings (SSSR count). The van der Waals surface area contributed by atoms with Crippen LogP contribution in [0.2, 0.25) is 0 Å². The number of benzene rings is 3. The fourth-order valence-corrected chi connectivity index (χ4v) is 4.71. The van der Waals surface area contributed by atoms with Crippen LogP contribution in [0.15, 0.2) is 72.1 Å². The van der Waals surface area contributed by atoms with Crippen LogP contribution in [0.25, 0.3) is 32.2 Å². The second-order valence-electron chi connectivity index (χ2n) is 7.47. The van der Waals surface area contributed by atoms with Gasteiger partial charge < -0.3 is 15.0 Å². The van der Waals surface area contributed by atoms with Crippen LogP contribution in [0.4, 0.5) is 13.2 Å². The van der Waals surface area contributed by atoms with E-state index in [0.29, 0.717) is 17.5 Å². The van der Waals surface area contributed by atoms with Gasteiger partial charge in [0.15, 0.2) is 0 Å². The van der Waals surface area contributed by atoms with E-state index >= 15 is 0 Å². The van der Waals surface area contributed by atoms with E-state index in [1.165, 1.54) is 12.1 Å². The Labute approximate surface area is 190 Å². The Morgan fingerprint density at radius 1 is 1.06 bits per heavy atom. The molecule has 165 valence electrons. The van der Waals surface area contributed by atoms with E-state index in [2.05, 4.69) is 10.8 Å². The van der Waals surface area contributed by atoms with Crippen molar-refractivity contribution in [1.29, 1.82) is 0 Å². The molecule has 2 aromatic heterocycles. The molecule has 2 heterocycles. The van der Waals surface area contributed by atoms with Gasteiger partial charge >= 0.3 is 6.36 Å². The lowest BCUT2D eigenvalue weighted by Gasteiger charge is -2.11. The predicted octanol–water partition coefficient (Wildman–Crippen LogP) is 6.37. The van der Waals surface area contributed by atoms with Crippen molar-refractivity contribution in [2.75, 3.05) is 0 Å². The number of fused-ring (bicyclic) bond motifs is 3. The lowest BCUT2D eigenvalue weighted by molar-refractivity contribution is -0.274. The van der Waals surface area contributed by atoms with Crippen LogP contribution < -0.4 is 10.5 Å². The molecule has 0 atom stereocenters. The second kappa shape index (κ2) is 7.97. The number of ether oxygens (including phenoxy) is 1. The minimum absolute atomic E-state index is 0.280. The fourth-order valence-electron chi connectivity index (χ4n) is 4.00. The smallest absolute Gasteiger partial charge is 0.406 e. The van der Waals surface area contributed by atoms with Crippen LogP contribution >= 0.6 is 11.3 Å². The summed E-state index contributed by atoms with van der Waals surface area (Å²) in [6.07, 6.45) is -4.74. The highest BCUT2D eigenvalue weighted by Crippen LogP contribution is 2.36. The number of carbonyl (C=O) groups excluding carboxylic acids is 1. The molecule has 3 aromatic carbocycles. The lowest BCUT2D eigenvalue weighted by Crippen LogP contribution is -2.17. The molecule has 0 saturated carbocycles. The number of alkyl halides is 3. The minimum Gasteiger partial charge on any atom is -0.406 e. The van der Waals surface area contributed by atoms with E-state index in [0.717, 1.165) is 32.4 Å². The van der Waals surface area contributed by atoms with Gasteiger partial charge in [-0.3, -0.25) is 4.79 Å². The third kappa shape index (κ3) is 4.05. The quantitative estimate of drug-likeness (QED) is 0.328. The predicted molar refractivity (Wildman–Crippen MR) is 122 cm³/mol. The number of halogens is 3. The van der Waals surface area contributed by atoms with E-state index in [1.807, 2.05) is 40.3 Å². The molecule has 0 aliphatic carbocycles. The molecule has 5 aromatic rings. The summed E-state index contributed by atoms with van der Waals surface area (Å²) < 4.78 is 43.4. The monoisotopic (exact) mass is 465 g/mol. The molecule has 4 nitrogen and oxygen atoms in total. The van der Waals surface area contributed by atoms with E-state index in [-0.39, 0.29) is 5.75 Å². The summed E-state index contributed by atoms with van der Waals surface area (Å²) in [5, 5.41) is 3.46. The van der Waals surface area contributed by atoms with Crippen LogP contribution in [0.3, 0.4) is 0 Å². The highest BCUT2D eigenvalue weighted by atomic mass is 32.1. The number of amides is 1. The van der Waals surface area contributed by atoms with Crippen molar-refractivity contribution >= 4 is 39.0 Å². The summed E-state index contributed by atoms with van der Waals surface area (Å²) in [6.45, 7) is 0.371. The third-order valence-corrected chi connectivity index (χ3v) is 6.28. The molecule has 0 spiro atoms. The number of thiophene rings is 1. The Balaban J connectivity index is 1.66. The Morgan fingerprint density at radius 2 is 1.85 bits per heavy atom. The SMILES string of the molecule is NC(=O)c1cccc2c1c1[c]cc(-c3cccs3)cc1n2Cc1ccc(OC(F)(F)F)cc1. The van der Waals surface area contributed by atoms with Gasteiger partial charge in [0.2, 0.25) is 5.91 Å². The van der Waals surface area contributed by atoms with Crippen LogP contribution in [0, 0.1) is 6.07 Å². The van der Waals surface area contributed by atoms with Gasteiger partial charge in [0.05, 0.1) is 11.0 Å². The summed E-state index contributed by atoms with van der Waals surface area (Å²) in [7, 11) is 0. The maximum atomic E-state index is 12.5. The zero-order chi connectivity index (χ0) is 23.2. The number of primary amides is 1. The number of nitrogens with two attached hydrogens (primary N) is 1. The van der Waals surface area contributed by atoms with Gasteiger partial charge in [-0.1, -0.05) is 24.3 Å². The standard InChI is InChI=1S/C25H16F3N2O2S/c26-25(27,28)32-17-9-6-15(7-10-17)14-30-20-4-1-3-19(24(29)31)23(20)18-11-8-16(13-21(18)30)22-5-2-12-33-22/h1-10,12-13H,14H2,(H2,29,31). The number of carbonyl (C=O) groups is 1. The van der Waals surface area contributed by atoms with E-state index in [1.54, 1.807) is 35.6 Å². The third-order valence-electron chi connectivity index (χ3n) is 5.36. The molecule has 0 aliphatic rings. The van der Waals surface area contributed by atoms with Crippen LogP contribution in [0.5, 0.6) is 5.75 Å². The van der Waals surface area contributed by atoms with E-state index in [9.17, 15) is 18.0 Å². The number of rotatable bonds is 5. The normalized spacial score (nSPS) is 11.8. The molecular formula is C25H16F3N2O2S. The van der Waals surface area contributed by atoms with Crippen molar-refractivity contribution in [2.24, 2.45) is 5.73 Å². The topological polar surface area (TPSA) is 57.2 Å². The van der Waals surface area contributed by atoms with E-state index in [4.69, 9.17) is 5.73 Å². The first-order valence-corrected chi connectivity index (χ1v) is 10.8. The summed E-state index contributed by atoms with van der Waals surface area (Å²) in [6, 6.07) is 22.3. The van der Waals surface area contributed by atoms with Crippen LogP contribution in [-0.2, 0) is 6.54 Å². The molecular weight excluding hydrogens is 449 g/mol. The number of aromatic nitrogens is 1. The van der Waals surface area contributed by atoms with Crippen molar-refractivity contribution in [3.8, 4) is 16.2 Å². The Morgan fingerprint density at radius 3 is 2.52 bits per heavy atom. The molecule has 33 heavy (non-hydrogen) atoms.